The van der Waals surface area contributed by atoms with E-state index in [9.17, 15) is 4.79 Å². The Balaban J connectivity index is 1.92. The molecule has 2 rings (SSSR count). The van der Waals surface area contributed by atoms with Crippen molar-refractivity contribution in [1.29, 1.82) is 0 Å². The van der Waals surface area contributed by atoms with Crippen molar-refractivity contribution in [3.8, 4) is 0 Å². The maximum absolute atomic E-state index is 11.9. The van der Waals surface area contributed by atoms with E-state index in [2.05, 4.69) is 15.4 Å². The van der Waals surface area contributed by atoms with Crippen LogP contribution in [0.3, 0.4) is 0 Å². The number of carbonyl (C=O) groups excluding carboxylic acids is 1. The highest BCUT2D eigenvalue weighted by atomic mass is 16.2. The molecule has 0 spiro atoms. The maximum Gasteiger partial charge on any atom is 0.241 e. The molecule has 0 radical (unpaired) electrons. The Morgan fingerprint density at radius 3 is 2.76 bits per heavy atom. The van der Waals surface area contributed by atoms with Crippen molar-refractivity contribution >= 4 is 11.6 Å². The number of carbonyl (C=O) groups is 1. The molecule has 21 heavy (non-hydrogen) atoms. The van der Waals surface area contributed by atoms with Gasteiger partial charge in [0.15, 0.2) is 0 Å². The van der Waals surface area contributed by atoms with Gasteiger partial charge in [-0.2, -0.15) is 5.10 Å². The Morgan fingerprint density at radius 2 is 2.10 bits per heavy atom. The number of nitrogens with zero attached hydrogens (tertiary/aromatic N) is 3. The number of pyridine rings is 1. The summed E-state index contributed by atoms with van der Waals surface area (Å²) in [7, 11) is 0. The molecule has 0 aliphatic rings. The van der Waals surface area contributed by atoms with E-state index >= 15 is 0 Å². The molecule has 2 heterocycles. The first-order valence-corrected chi connectivity index (χ1v) is 7.02. The van der Waals surface area contributed by atoms with Gasteiger partial charge in [-0.3, -0.25) is 14.5 Å². The second-order valence-electron chi connectivity index (χ2n) is 5.51. The molecule has 0 unspecified atom stereocenters. The van der Waals surface area contributed by atoms with E-state index in [-0.39, 0.29) is 5.91 Å². The van der Waals surface area contributed by atoms with Crippen LogP contribution in [0.25, 0.3) is 0 Å². The molecular formula is C15H21N5O. The van der Waals surface area contributed by atoms with E-state index < -0.39 is 6.04 Å². The summed E-state index contributed by atoms with van der Waals surface area (Å²) < 4.78 is 1.76. The summed E-state index contributed by atoms with van der Waals surface area (Å²) in [4.78, 5) is 15.9. The fourth-order valence-electron chi connectivity index (χ4n) is 2.04. The lowest BCUT2D eigenvalue weighted by atomic mass is 10.0. The van der Waals surface area contributed by atoms with Crippen LogP contribution < -0.4 is 11.1 Å². The minimum Gasteiger partial charge on any atom is -0.322 e. The summed E-state index contributed by atoms with van der Waals surface area (Å²) in [6.45, 7) is 4.72. The normalized spacial score (nSPS) is 12.4. The molecular weight excluding hydrogens is 266 g/mol. The average Bonchev–Trinajstić information content (AvgIpc) is 2.86. The van der Waals surface area contributed by atoms with Crippen molar-refractivity contribution < 1.29 is 4.79 Å². The zero-order valence-electron chi connectivity index (χ0n) is 12.4. The van der Waals surface area contributed by atoms with Gasteiger partial charge in [-0.05, 0) is 30.0 Å². The van der Waals surface area contributed by atoms with Crippen LogP contribution in [0.2, 0.25) is 0 Å². The van der Waals surface area contributed by atoms with E-state index in [0.717, 1.165) is 5.56 Å². The lowest BCUT2D eigenvalue weighted by molar-refractivity contribution is -0.117. The van der Waals surface area contributed by atoms with Gasteiger partial charge in [0, 0.05) is 18.6 Å². The van der Waals surface area contributed by atoms with Crippen LogP contribution in [0.1, 0.15) is 25.8 Å². The van der Waals surface area contributed by atoms with Gasteiger partial charge in [0.05, 0.1) is 24.5 Å². The van der Waals surface area contributed by atoms with Gasteiger partial charge < -0.3 is 11.1 Å². The van der Waals surface area contributed by atoms with Gasteiger partial charge >= 0.3 is 0 Å². The van der Waals surface area contributed by atoms with E-state index in [1.165, 1.54) is 0 Å². The third-order valence-electron chi connectivity index (χ3n) is 3.06. The first-order valence-electron chi connectivity index (χ1n) is 7.02. The Kier molecular flexibility index (Phi) is 5.05. The number of hydrogen-bond donors (Lipinski definition) is 2. The lowest BCUT2D eigenvalue weighted by Crippen LogP contribution is -2.36. The number of nitrogens with two attached hydrogens (primary N) is 1. The molecule has 0 aliphatic carbocycles. The summed E-state index contributed by atoms with van der Waals surface area (Å²) in [6, 6.07) is 3.37. The standard InChI is InChI=1S/C15H21N5O/c1-11(2)7-14(16)15(21)19-13-8-18-20(10-13)9-12-3-5-17-6-4-12/h3-6,8,10-11,14H,7,9,16H2,1-2H3,(H,19,21)/t14-/m0/s1. The molecule has 0 saturated heterocycles. The topological polar surface area (TPSA) is 85.8 Å². The summed E-state index contributed by atoms with van der Waals surface area (Å²) in [5, 5.41) is 7.02. The van der Waals surface area contributed by atoms with E-state index in [0.29, 0.717) is 24.6 Å². The number of nitrogens with one attached hydrogen (secondary N) is 1. The SMILES string of the molecule is CC(C)C[C@H](N)C(=O)Nc1cnn(Cc2ccncc2)c1. The van der Waals surface area contributed by atoms with Crippen LogP contribution in [0.15, 0.2) is 36.9 Å². The summed E-state index contributed by atoms with van der Waals surface area (Å²) in [6.07, 6.45) is 7.57. The molecule has 0 bridgehead atoms. The molecule has 1 amide bonds. The highest BCUT2D eigenvalue weighted by Crippen LogP contribution is 2.09. The minimum absolute atomic E-state index is 0.174. The lowest BCUT2D eigenvalue weighted by Gasteiger charge is -2.13. The van der Waals surface area contributed by atoms with E-state index in [4.69, 9.17) is 5.73 Å². The van der Waals surface area contributed by atoms with Gasteiger partial charge in [-0.1, -0.05) is 13.8 Å². The predicted molar refractivity (Wildman–Crippen MR) is 81.6 cm³/mol. The van der Waals surface area contributed by atoms with Crippen LogP contribution in [0, 0.1) is 5.92 Å². The summed E-state index contributed by atoms with van der Waals surface area (Å²) in [5.74, 6) is 0.215. The third kappa shape index (κ3) is 4.68. The maximum atomic E-state index is 11.9. The summed E-state index contributed by atoms with van der Waals surface area (Å²) >= 11 is 0. The second kappa shape index (κ2) is 6.99. The van der Waals surface area contributed by atoms with Crippen LogP contribution >= 0.6 is 0 Å². The fraction of sp³-hybridized carbons (Fsp3) is 0.400. The van der Waals surface area contributed by atoms with Crippen LogP contribution in [0.5, 0.6) is 0 Å². The van der Waals surface area contributed by atoms with Crippen LogP contribution in [-0.4, -0.2) is 26.7 Å². The van der Waals surface area contributed by atoms with E-state index in [1.807, 2.05) is 26.0 Å². The fourth-order valence-corrected chi connectivity index (χ4v) is 2.04. The van der Waals surface area contributed by atoms with Crippen molar-refractivity contribution in [2.75, 3.05) is 5.32 Å². The molecule has 112 valence electrons. The van der Waals surface area contributed by atoms with Gasteiger partial charge in [0.25, 0.3) is 0 Å². The van der Waals surface area contributed by atoms with Gasteiger partial charge in [-0.15, -0.1) is 0 Å². The predicted octanol–water partition coefficient (Wildman–Crippen LogP) is 1.64. The van der Waals surface area contributed by atoms with Crippen LogP contribution in [-0.2, 0) is 11.3 Å². The monoisotopic (exact) mass is 287 g/mol. The quantitative estimate of drug-likeness (QED) is 0.845. The van der Waals surface area contributed by atoms with Gasteiger partial charge in [0.1, 0.15) is 0 Å². The molecule has 0 aliphatic heterocycles. The highest BCUT2D eigenvalue weighted by molar-refractivity contribution is 5.94. The molecule has 3 N–H and O–H groups in total. The van der Waals surface area contributed by atoms with Crippen molar-refractivity contribution in [1.82, 2.24) is 14.8 Å². The molecule has 0 saturated carbocycles. The number of rotatable bonds is 6. The second-order valence-corrected chi connectivity index (χ2v) is 5.51. The van der Waals surface area contributed by atoms with Gasteiger partial charge in [-0.25, -0.2) is 0 Å². The first-order chi connectivity index (χ1) is 10.0. The van der Waals surface area contributed by atoms with Crippen molar-refractivity contribution in [2.24, 2.45) is 11.7 Å². The number of amides is 1. The van der Waals surface area contributed by atoms with Crippen molar-refractivity contribution in [2.45, 2.75) is 32.9 Å². The highest BCUT2D eigenvalue weighted by Gasteiger charge is 2.15. The summed E-state index contributed by atoms with van der Waals surface area (Å²) in [5.41, 5.74) is 7.61. The smallest absolute Gasteiger partial charge is 0.241 e. The third-order valence-corrected chi connectivity index (χ3v) is 3.06. The minimum atomic E-state index is -0.492. The number of anilines is 1. The average molecular weight is 287 g/mol. The van der Waals surface area contributed by atoms with Gasteiger partial charge in [0.2, 0.25) is 5.91 Å². The Bertz CT molecular complexity index is 579. The number of aromatic nitrogens is 3. The molecule has 2 aromatic heterocycles. The van der Waals surface area contributed by atoms with E-state index in [1.54, 1.807) is 29.5 Å². The largest absolute Gasteiger partial charge is 0.322 e. The van der Waals surface area contributed by atoms with Crippen molar-refractivity contribution in [3.63, 3.8) is 0 Å². The molecule has 1 atom stereocenters. The molecule has 0 fully saturated rings. The Hall–Kier alpha value is -2.21. The molecule has 6 heteroatoms. The molecule has 2 aromatic rings. The molecule has 0 aromatic carbocycles. The Morgan fingerprint density at radius 1 is 1.38 bits per heavy atom. The van der Waals surface area contributed by atoms with Crippen LogP contribution in [0.4, 0.5) is 5.69 Å². The first kappa shape index (κ1) is 15.2. The Labute approximate surface area is 124 Å². The zero-order valence-corrected chi connectivity index (χ0v) is 12.4. The molecule has 6 nitrogen and oxygen atoms in total. The number of hydrogen-bond acceptors (Lipinski definition) is 4. The van der Waals surface area contributed by atoms with Crippen molar-refractivity contribution in [3.05, 3.63) is 42.5 Å². The zero-order chi connectivity index (χ0) is 15.2.